The normalized spacial score (nSPS) is 11.7. The third kappa shape index (κ3) is 66.0. The van der Waals surface area contributed by atoms with E-state index in [2.05, 4.69) is 13.8 Å². The quantitative estimate of drug-likeness (QED) is 0.0533. The lowest BCUT2D eigenvalue weighted by molar-refractivity contribution is 0.506. The topological polar surface area (TPSA) is 0 Å². The molecular weight excluding hydrogens is 805 g/mol. The first-order valence-corrected chi connectivity index (χ1v) is 33.4. The first kappa shape index (κ1) is 67.0. The summed E-state index contributed by atoms with van der Waals surface area (Å²) in [5.74, 6) is 0. The van der Waals surface area contributed by atoms with Crippen molar-refractivity contribution >= 4 is 0 Å². The maximum atomic E-state index is 2.31. The van der Waals surface area contributed by atoms with E-state index in [1.807, 2.05) is 0 Å². The van der Waals surface area contributed by atoms with E-state index in [-0.39, 0.29) is 0 Å². The molecule has 0 radical (unpaired) electrons. The maximum Gasteiger partial charge on any atom is -0.0533 e. The van der Waals surface area contributed by atoms with Gasteiger partial charge in [-0.15, -0.1) is 0 Å². The van der Waals surface area contributed by atoms with Crippen LogP contribution >= 0.6 is 0 Å². The van der Waals surface area contributed by atoms with Gasteiger partial charge in [0.25, 0.3) is 0 Å². The van der Waals surface area contributed by atoms with Gasteiger partial charge in [0, 0.05) is 0 Å². The molecule has 0 aliphatic carbocycles. The third-order valence-corrected chi connectivity index (χ3v) is 16.2. The molecule has 0 spiro atoms. The second-order valence-electron chi connectivity index (χ2n) is 23.3. The molecule has 0 N–H and O–H groups in total. The lowest BCUT2D eigenvalue weighted by Crippen LogP contribution is -1.85. The van der Waals surface area contributed by atoms with Gasteiger partial charge in [0.05, 0.1) is 0 Å². The van der Waals surface area contributed by atoms with Crippen LogP contribution < -0.4 is 0 Å². The van der Waals surface area contributed by atoms with Crippen LogP contribution in [-0.2, 0) is 0 Å². The van der Waals surface area contributed by atoms with E-state index in [9.17, 15) is 0 Å². The molecule has 67 heavy (non-hydrogen) atoms. The van der Waals surface area contributed by atoms with E-state index in [0.717, 1.165) is 0 Å². The van der Waals surface area contributed by atoms with Crippen molar-refractivity contribution in [2.75, 3.05) is 0 Å². The van der Waals surface area contributed by atoms with Crippen LogP contribution in [0.5, 0.6) is 0 Å². The minimum atomic E-state index is 1.37. The third-order valence-electron chi connectivity index (χ3n) is 16.2. The SMILES string of the molecule is CCCCCCCCCCCCCCCCCCCCCCCCCCCCCCCCCCCCCCCCCCCCCCCCCCCCCCCCCCCCCCCCCCC. The molecule has 0 amide bonds. The summed E-state index contributed by atoms with van der Waals surface area (Å²) in [7, 11) is 0. The number of hydrogen-bond acceptors (Lipinski definition) is 0. The zero-order valence-corrected chi connectivity index (χ0v) is 48.0. The molecule has 0 aromatic heterocycles. The lowest BCUT2D eigenvalue weighted by atomic mass is 10.0. The van der Waals surface area contributed by atoms with Crippen LogP contribution in [0.15, 0.2) is 0 Å². The second kappa shape index (κ2) is 66.0. The first-order valence-electron chi connectivity index (χ1n) is 33.4. The van der Waals surface area contributed by atoms with Gasteiger partial charge >= 0.3 is 0 Å². The van der Waals surface area contributed by atoms with Gasteiger partial charge in [-0.05, 0) is 0 Å². The van der Waals surface area contributed by atoms with Crippen molar-refractivity contribution in [1.29, 1.82) is 0 Å². The number of unbranched alkanes of at least 4 members (excludes halogenated alkanes) is 64. The van der Waals surface area contributed by atoms with Crippen LogP contribution in [-0.4, -0.2) is 0 Å². The van der Waals surface area contributed by atoms with Crippen molar-refractivity contribution in [3.63, 3.8) is 0 Å². The largest absolute Gasteiger partial charge is 0.0654 e. The fourth-order valence-corrected chi connectivity index (χ4v) is 11.3. The fraction of sp³-hybridized carbons (Fsp3) is 1.00. The minimum Gasteiger partial charge on any atom is -0.0654 e. The summed E-state index contributed by atoms with van der Waals surface area (Å²) >= 11 is 0. The highest BCUT2D eigenvalue weighted by Gasteiger charge is 2.00. The average molecular weight is 942 g/mol. The highest BCUT2D eigenvalue weighted by molar-refractivity contribution is 4.56. The van der Waals surface area contributed by atoms with Gasteiger partial charge in [0.1, 0.15) is 0 Å². The van der Waals surface area contributed by atoms with Gasteiger partial charge in [-0.3, -0.25) is 0 Å². The van der Waals surface area contributed by atoms with Gasteiger partial charge in [0.15, 0.2) is 0 Å². The van der Waals surface area contributed by atoms with E-state index >= 15 is 0 Å². The smallest absolute Gasteiger partial charge is 0.0533 e. The molecule has 0 heterocycles. The number of rotatable bonds is 64. The molecule has 404 valence electrons. The van der Waals surface area contributed by atoms with E-state index in [1.54, 1.807) is 0 Å². The van der Waals surface area contributed by atoms with Gasteiger partial charge in [-0.25, -0.2) is 0 Å². The lowest BCUT2D eigenvalue weighted by Gasteiger charge is -2.05. The van der Waals surface area contributed by atoms with Crippen LogP contribution in [0.1, 0.15) is 431 Å². The predicted molar refractivity (Wildman–Crippen MR) is 311 cm³/mol. The molecule has 0 nitrogen and oxygen atoms in total. The molecule has 0 aromatic rings. The summed E-state index contributed by atoms with van der Waals surface area (Å²) in [5, 5.41) is 0. The average Bonchev–Trinajstić information content (AvgIpc) is 3.34. The van der Waals surface area contributed by atoms with Crippen LogP contribution in [0, 0.1) is 0 Å². The minimum absolute atomic E-state index is 1.37. The summed E-state index contributed by atoms with van der Waals surface area (Å²) in [6.07, 6.45) is 96.9. The molecule has 0 saturated carbocycles. The standard InChI is InChI=1S/C67H136/c1-3-5-7-9-11-13-15-17-19-21-23-25-27-29-31-33-35-37-39-41-43-45-47-49-51-53-55-57-59-61-63-65-67-66-64-62-60-58-56-54-52-50-48-46-44-42-40-38-36-34-32-30-28-26-24-22-20-18-16-14-12-10-8-6-4-2/h3-67H2,1-2H3. The Morgan fingerprint density at radius 3 is 0.164 bits per heavy atom. The molecule has 0 aliphatic heterocycles. The maximum absolute atomic E-state index is 2.31. The van der Waals surface area contributed by atoms with Crippen LogP contribution in [0.25, 0.3) is 0 Å². The Balaban J connectivity index is 3.07. The highest BCUT2D eigenvalue weighted by atomic mass is 14.1. The van der Waals surface area contributed by atoms with Crippen LogP contribution in [0.4, 0.5) is 0 Å². The summed E-state index contributed by atoms with van der Waals surface area (Å²) in [4.78, 5) is 0. The molecule has 0 unspecified atom stereocenters. The molecule has 0 saturated heterocycles. The molecule has 0 atom stereocenters. The van der Waals surface area contributed by atoms with Crippen molar-refractivity contribution in [2.45, 2.75) is 431 Å². The summed E-state index contributed by atoms with van der Waals surface area (Å²) < 4.78 is 0. The Kier molecular flexibility index (Phi) is 66.0. The highest BCUT2D eigenvalue weighted by Crippen LogP contribution is 2.20. The van der Waals surface area contributed by atoms with E-state index in [4.69, 9.17) is 0 Å². The monoisotopic (exact) mass is 941 g/mol. The van der Waals surface area contributed by atoms with E-state index in [0.29, 0.717) is 0 Å². The van der Waals surface area contributed by atoms with Gasteiger partial charge in [-0.2, -0.15) is 0 Å². The van der Waals surface area contributed by atoms with Gasteiger partial charge < -0.3 is 0 Å². The first-order chi connectivity index (χ1) is 33.4. The molecule has 0 bridgehead atoms. The van der Waals surface area contributed by atoms with Crippen molar-refractivity contribution in [3.05, 3.63) is 0 Å². The van der Waals surface area contributed by atoms with Gasteiger partial charge in [0.2, 0.25) is 0 Å². The van der Waals surface area contributed by atoms with Crippen molar-refractivity contribution in [3.8, 4) is 0 Å². The fourth-order valence-electron chi connectivity index (χ4n) is 11.3. The summed E-state index contributed by atoms with van der Waals surface area (Å²) in [6, 6.07) is 0. The molecule has 0 aromatic carbocycles. The Bertz CT molecular complexity index is 719. The van der Waals surface area contributed by atoms with Crippen LogP contribution in [0.3, 0.4) is 0 Å². The zero-order valence-electron chi connectivity index (χ0n) is 48.0. The van der Waals surface area contributed by atoms with E-state index < -0.39 is 0 Å². The second-order valence-corrected chi connectivity index (χ2v) is 23.3. The Hall–Kier alpha value is 0. The summed E-state index contributed by atoms with van der Waals surface area (Å²) in [5.41, 5.74) is 0. The zero-order chi connectivity index (χ0) is 48.0. The molecule has 0 aliphatic rings. The Labute approximate surface area is 429 Å². The predicted octanol–water partition coefficient (Wildman–Crippen LogP) is 26.4. The molecule has 0 rings (SSSR count). The molecule has 0 heteroatoms. The molecule has 0 fully saturated rings. The van der Waals surface area contributed by atoms with Gasteiger partial charge in [-0.1, -0.05) is 431 Å². The Morgan fingerprint density at radius 2 is 0.119 bits per heavy atom. The van der Waals surface area contributed by atoms with Crippen LogP contribution in [0.2, 0.25) is 0 Å². The van der Waals surface area contributed by atoms with Crippen molar-refractivity contribution < 1.29 is 0 Å². The summed E-state index contributed by atoms with van der Waals surface area (Å²) in [6.45, 7) is 4.63. The van der Waals surface area contributed by atoms with E-state index in [1.165, 1.54) is 417 Å². The van der Waals surface area contributed by atoms with Crippen molar-refractivity contribution in [2.24, 2.45) is 0 Å². The Morgan fingerprint density at radius 1 is 0.0746 bits per heavy atom. The molecular formula is C67H136. The van der Waals surface area contributed by atoms with Crippen molar-refractivity contribution in [1.82, 2.24) is 0 Å². The number of hydrogen-bond donors (Lipinski definition) is 0.